The third-order valence-electron chi connectivity index (χ3n) is 5.81. The lowest BCUT2D eigenvalue weighted by Crippen LogP contribution is -2.34. The molecule has 1 amide bonds. The average Bonchev–Trinajstić information content (AvgIpc) is 3.29. The number of rotatable bonds is 6. The topological polar surface area (TPSA) is 76.8 Å². The second-order valence-electron chi connectivity index (χ2n) is 9.50. The highest BCUT2D eigenvalue weighted by Gasteiger charge is 2.21. The normalized spacial score (nSPS) is 14.2. The average molecular weight is 450 g/mol. The van der Waals surface area contributed by atoms with Gasteiger partial charge in [0.1, 0.15) is 13.2 Å². The lowest BCUT2D eigenvalue weighted by molar-refractivity contribution is 0.0933. The molecular formula is C26H31N3O4. The maximum atomic E-state index is 12.8. The molecule has 7 nitrogen and oxygen atoms in total. The van der Waals surface area contributed by atoms with Crippen LogP contribution in [0.25, 0.3) is 11.3 Å². The Morgan fingerprint density at radius 2 is 1.73 bits per heavy atom. The third kappa shape index (κ3) is 5.20. The number of nitrogens with one attached hydrogen (secondary N) is 1. The Morgan fingerprint density at radius 1 is 1.03 bits per heavy atom. The predicted molar refractivity (Wildman–Crippen MR) is 127 cm³/mol. The van der Waals surface area contributed by atoms with Gasteiger partial charge in [0.2, 0.25) is 0 Å². The molecule has 3 aromatic rings. The number of ether oxygens (including phenoxy) is 2. The molecule has 0 fully saturated rings. The van der Waals surface area contributed by atoms with Crippen molar-refractivity contribution in [2.75, 3.05) is 33.9 Å². The van der Waals surface area contributed by atoms with Crippen molar-refractivity contribution in [3.05, 3.63) is 65.4 Å². The van der Waals surface area contributed by atoms with E-state index in [1.54, 1.807) is 6.07 Å². The highest BCUT2D eigenvalue weighted by Crippen LogP contribution is 2.34. The van der Waals surface area contributed by atoms with Crippen LogP contribution in [0.4, 0.5) is 0 Å². The molecule has 1 aliphatic heterocycles. The van der Waals surface area contributed by atoms with Crippen LogP contribution in [0, 0.1) is 0 Å². The highest BCUT2D eigenvalue weighted by molar-refractivity contribution is 5.93. The zero-order valence-electron chi connectivity index (χ0n) is 19.8. The Hall–Kier alpha value is -3.32. The molecule has 0 saturated heterocycles. The maximum Gasteiger partial charge on any atom is 0.273 e. The van der Waals surface area contributed by atoms with E-state index in [-0.39, 0.29) is 23.1 Å². The largest absolute Gasteiger partial charge is 0.486 e. The molecular weight excluding hydrogens is 418 g/mol. The van der Waals surface area contributed by atoms with Gasteiger partial charge in [-0.2, -0.15) is 0 Å². The molecule has 0 bridgehead atoms. The fraction of sp³-hybridized carbons (Fsp3) is 0.385. The van der Waals surface area contributed by atoms with E-state index in [2.05, 4.69) is 60.4 Å². The quantitative estimate of drug-likeness (QED) is 0.599. The minimum atomic E-state index is -0.277. The van der Waals surface area contributed by atoms with Gasteiger partial charge in [0.05, 0.1) is 6.04 Å². The van der Waals surface area contributed by atoms with Crippen molar-refractivity contribution in [2.45, 2.75) is 32.2 Å². The number of hydrogen-bond donors (Lipinski definition) is 1. The summed E-state index contributed by atoms with van der Waals surface area (Å²) >= 11 is 0. The van der Waals surface area contributed by atoms with E-state index in [0.717, 1.165) is 11.1 Å². The molecule has 0 spiro atoms. The fourth-order valence-electron chi connectivity index (χ4n) is 3.80. The summed E-state index contributed by atoms with van der Waals surface area (Å²) in [5.74, 6) is 1.58. The van der Waals surface area contributed by atoms with Crippen LogP contribution in [0.1, 0.15) is 48.4 Å². The van der Waals surface area contributed by atoms with E-state index in [4.69, 9.17) is 14.0 Å². The lowest BCUT2D eigenvalue weighted by atomic mass is 9.86. The number of benzene rings is 2. The fourth-order valence-corrected chi connectivity index (χ4v) is 3.80. The van der Waals surface area contributed by atoms with Gasteiger partial charge in [-0.25, -0.2) is 0 Å². The van der Waals surface area contributed by atoms with Crippen LogP contribution < -0.4 is 14.8 Å². The summed E-state index contributed by atoms with van der Waals surface area (Å²) in [4.78, 5) is 14.9. The first kappa shape index (κ1) is 22.9. The Morgan fingerprint density at radius 3 is 2.39 bits per heavy atom. The molecule has 2 aromatic carbocycles. The van der Waals surface area contributed by atoms with Crippen LogP contribution in [0.2, 0.25) is 0 Å². The minimum Gasteiger partial charge on any atom is -0.486 e. The van der Waals surface area contributed by atoms with Crippen molar-refractivity contribution in [3.63, 3.8) is 0 Å². The molecule has 174 valence electrons. The lowest BCUT2D eigenvalue weighted by Gasteiger charge is -2.26. The Kier molecular flexibility index (Phi) is 6.42. The molecule has 1 aromatic heterocycles. The molecule has 2 heterocycles. The van der Waals surface area contributed by atoms with E-state index in [0.29, 0.717) is 37.0 Å². The standard InChI is InChI=1S/C26H31N3O4/c1-26(2,3)19-9-6-17(7-10-19)21(29(4)5)16-27-25(30)20-15-23(33-28-20)18-8-11-22-24(14-18)32-13-12-31-22/h6-11,14-15,21H,12-13,16H2,1-5H3,(H,27,30)/t21-/m1/s1. The van der Waals surface area contributed by atoms with Crippen molar-refractivity contribution in [3.8, 4) is 22.8 Å². The molecule has 1 N–H and O–H groups in total. The molecule has 0 aliphatic carbocycles. The molecule has 4 rings (SSSR count). The number of amides is 1. The van der Waals surface area contributed by atoms with Crippen molar-refractivity contribution in [2.24, 2.45) is 0 Å². The van der Waals surface area contributed by atoms with Gasteiger partial charge in [0.25, 0.3) is 5.91 Å². The Balaban J connectivity index is 1.43. The van der Waals surface area contributed by atoms with Crippen molar-refractivity contribution >= 4 is 5.91 Å². The maximum absolute atomic E-state index is 12.8. The molecule has 0 saturated carbocycles. The van der Waals surface area contributed by atoms with E-state index < -0.39 is 0 Å². The molecule has 7 heteroatoms. The van der Waals surface area contributed by atoms with Gasteiger partial charge in [0.15, 0.2) is 23.0 Å². The van der Waals surface area contributed by atoms with Gasteiger partial charge >= 0.3 is 0 Å². The van der Waals surface area contributed by atoms with Crippen LogP contribution in [0.15, 0.2) is 53.1 Å². The third-order valence-corrected chi connectivity index (χ3v) is 5.81. The summed E-state index contributed by atoms with van der Waals surface area (Å²) in [6.07, 6.45) is 0. The monoisotopic (exact) mass is 449 g/mol. The summed E-state index contributed by atoms with van der Waals surface area (Å²) < 4.78 is 16.6. The summed E-state index contributed by atoms with van der Waals surface area (Å²) in [5.41, 5.74) is 3.53. The second kappa shape index (κ2) is 9.27. The zero-order valence-corrected chi connectivity index (χ0v) is 19.8. The summed E-state index contributed by atoms with van der Waals surface area (Å²) in [6, 6.07) is 15.8. The molecule has 1 aliphatic rings. The van der Waals surface area contributed by atoms with Crippen LogP contribution in [-0.4, -0.2) is 49.8 Å². The number of fused-ring (bicyclic) bond motifs is 1. The van der Waals surface area contributed by atoms with Gasteiger partial charge in [-0.3, -0.25) is 4.79 Å². The van der Waals surface area contributed by atoms with Gasteiger partial charge in [-0.15, -0.1) is 0 Å². The first-order chi connectivity index (χ1) is 15.7. The Labute approximate surface area is 194 Å². The van der Waals surface area contributed by atoms with Gasteiger partial charge in [0, 0.05) is 18.2 Å². The number of nitrogens with zero attached hydrogens (tertiary/aromatic N) is 2. The molecule has 0 radical (unpaired) electrons. The van der Waals surface area contributed by atoms with E-state index in [9.17, 15) is 4.79 Å². The molecule has 1 atom stereocenters. The van der Waals surface area contributed by atoms with Crippen LogP contribution in [0.3, 0.4) is 0 Å². The molecule has 0 unspecified atom stereocenters. The smallest absolute Gasteiger partial charge is 0.273 e. The SMILES string of the molecule is CN(C)[C@H](CNC(=O)c1cc(-c2ccc3c(c2)OCCO3)on1)c1ccc(C(C)(C)C)cc1. The van der Waals surface area contributed by atoms with Crippen molar-refractivity contribution in [1.29, 1.82) is 0 Å². The number of aromatic nitrogens is 1. The summed E-state index contributed by atoms with van der Waals surface area (Å²) in [5, 5.41) is 6.96. The summed E-state index contributed by atoms with van der Waals surface area (Å²) in [7, 11) is 4.01. The van der Waals surface area contributed by atoms with Gasteiger partial charge < -0.3 is 24.2 Å². The second-order valence-corrected chi connectivity index (χ2v) is 9.50. The number of carbonyl (C=O) groups is 1. The van der Waals surface area contributed by atoms with E-state index in [1.165, 1.54) is 5.56 Å². The summed E-state index contributed by atoms with van der Waals surface area (Å²) in [6.45, 7) is 8.08. The zero-order chi connectivity index (χ0) is 23.6. The van der Waals surface area contributed by atoms with Crippen LogP contribution in [0.5, 0.6) is 11.5 Å². The predicted octanol–water partition coefficient (Wildman–Crippen LogP) is 4.44. The molecule has 33 heavy (non-hydrogen) atoms. The number of hydrogen-bond acceptors (Lipinski definition) is 6. The number of likely N-dealkylation sites (N-methyl/N-ethyl adjacent to an activating group) is 1. The number of carbonyl (C=O) groups excluding carboxylic acids is 1. The van der Waals surface area contributed by atoms with Crippen molar-refractivity contribution < 1.29 is 18.8 Å². The van der Waals surface area contributed by atoms with Gasteiger partial charge in [-0.05, 0) is 48.8 Å². The Bertz CT molecular complexity index is 1110. The first-order valence-electron chi connectivity index (χ1n) is 11.1. The van der Waals surface area contributed by atoms with E-state index in [1.807, 2.05) is 32.3 Å². The van der Waals surface area contributed by atoms with E-state index >= 15 is 0 Å². The van der Waals surface area contributed by atoms with Crippen LogP contribution >= 0.6 is 0 Å². The highest BCUT2D eigenvalue weighted by atomic mass is 16.6. The van der Waals surface area contributed by atoms with Crippen LogP contribution in [-0.2, 0) is 5.41 Å². The first-order valence-corrected chi connectivity index (χ1v) is 11.1. The minimum absolute atomic E-state index is 0.0344. The van der Waals surface area contributed by atoms with Crippen molar-refractivity contribution in [1.82, 2.24) is 15.4 Å². The van der Waals surface area contributed by atoms with Gasteiger partial charge in [-0.1, -0.05) is 50.2 Å².